The minimum atomic E-state index is -1.11. The molecule has 0 aliphatic carbocycles. The van der Waals surface area contributed by atoms with Gasteiger partial charge in [0, 0.05) is 16.1 Å². The summed E-state index contributed by atoms with van der Waals surface area (Å²) >= 11 is 0. The molecule has 0 N–H and O–H groups in total. The van der Waals surface area contributed by atoms with Crippen LogP contribution in [-0.4, -0.2) is 39.0 Å². The Morgan fingerprint density at radius 3 is 1.89 bits per heavy atom. The molecule has 0 aromatic heterocycles. The monoisotopic (exact) mass is 300 g/mol. The lowest BCUT2D eigenvalue weighted by molar-refractivity contribution is 0.326. The molecule has 2 nitrogen and oxygen atoms in total. The minimum absolute atomic E-state index is 0.835. The largest absolute Gasteiger partial charge is 0.392 e. The van der Waals surface area contributed by atoms with E-state index in [0.717, 1.165) is 18.0 Å². The normalized spacial score (nSPS) is 18.3. The molecule has 0 aromatic carbocycles. The molecule has 0 saturated carbocycles. The summed E-state index contributed by atoms with van der Waals surface area (Å²) in [4.78, 5) is 3.12. The van der Waals surface area contributed by atoms with Crippen molar-refractivity contribution in [2.75, 3.05) is 13.1 Å². The molecule has 0 unspecified atom stereocenters. The Bertz CT molecular complexity index is 303. The number of hydrogen-bond donors (Lipinski definition) is 0. The van der Waals surface area contributed by atoms with Crippen LogP contribution >= 0.6 is 8.73 Å². The van der Waals surface area contributed by atoms with Gasteiger partial charge in [-0.05, 0) is 19.3 Å². The van der Waals surface area contributed by atoms with Crippen LogP contribution in [0.3, 0.4) is 0 Å². The Hall–Kier alpha value is 0.154. The number of piperidine rings is 1. The van der Waals surface area contributed by atoms with Crippen molar-refractivity contribution >= 4 is 24.9 Å². The fourth-order valence-electron chi connectivity index (χ4n) is 2.79. The molecule has 104 valence electrons. The molecule has 1 heterocycles. The summed E-state index contributed by atoms with van der Waals surface area (Å²) in [7, 11) is -0.938. The van der Waals surface area contributed by atoms with Gasteiger partial charge in [-0.25, -0.2) is 4.90 Å². The third-order valence-electron chi connectivity index (χ3n) is 3.36. The Kier molecular flexibility index (Phi) is 5.89. The van der Waals surface area contributed by atoms with Crippen molar-refractivity contribution in [3.8, 4) is 6.19 Å². The summed E-state index contributed by atoms with van der Waals surface area (Å²) < 4.78 is 4.65. The van der Waals surface area contributed by atoms with Gasteiger partial charge in [0.25, 0.3) is 0 Å². The second kappa shape index (κ2) is 6.54. The van der Waals surface area contributed by atoms with E-state index in [2.05, 4.69) is 55.0 Å². The van der Waals surface area contributed by atoms with Crippen LogP contribution in [0, 0.1) is 6.19 Å². The highest BCUT2D eigenvalue weighted by molar-refractivity contribution is 7.50. The molecular weight excluding hydrogens is 271 g/mol. The second-order valence-corrected chi connectivity index (χ2v) is 20.6. The first kappa shape index (κ1) is 16.2. The number of rotatable bonds is 3. The lowest BCUT2D eigenvalue weighted by Gasteiger charge is -2.42. The van der Waals surface area contributed by atoms with Crippen LogP contribution in [0.15, 0.2) is 0 Å². The van der Waals surface area contributed by atoms with Crippen molar-refractivity contribution in [1.29, 1.82) is 0 Å². The van der Waals surface area contributed by atoms with Gasteiger partial charge in [-0.3, -0.25) is 0 Å². The lowest BCUT2D eigenvalue weighted by Crippen LogP contribution is -2.50. The molecule has 0 atom stereocenters. The van der Waals surface area contributed by atoms with E-state index in [-0.39, 0.29) is 0 Å². The summed E-state index contributed by atoms with van der Waals surface area (Å²) in [5, 5.41) is 0. The predicted molar refractivity (Wildman–Crippen MR) is 90.1 cm³/mol. The molecule has 1 aliphatic rings. The van der Waals surface area contributed by atoms with Gasteiger partial charge in [0.15, 0.2) is 0 Å². The van der Waals surface area contributed by atoms with Crippen LogP contribution in [0.1, 0.15) is 19.3 Å². The van der Waals surface area contributed by atoms with Crippen LogP contribution in [-0.2, 0) is 0 Å². The standard InChI is InChI=1S/C13H29N2PSi2/c1-17(2,3)13(18(4,5)6)16-14-12-15-10-8-7-9-11-15/h13H,7-11H2,1-6H3. The van der Waals surface area contributed by atoms with E-state index in [4.69, 9.17) is 0 Å². The highest BCUT2D eigenvalue weighted by Gasteiger charge is 2.32. The van der Waals surface area contributed by atoms with Gasteiger partial charge >= 0.3 is 6.19 Å². The molecule has 0 amide bonds. The van der Waals surface area contributed by atoms with E-state index in [1.54, 1.807) is 0 Å². The molecule has 0 spiro atoms. The van der Waals surface area contributed by atoms with Crippen molar-refractivity contribution in [2.45, 2.75) is 63.5 Å². The van der Waals surface area contributed by atoms with Gasteiger partial charge in [-0.15, -0.1) is 4.91 Å². The predicted octanol–water partition coefficient (Wildman–Crippen LogP) is 4.75. The van der Waals surface area contributed by atoms with Crippen LogP contribution in [0.4, 0.5) is 0 Å². The van der Waals surface area contributed by atoms with Crippen molar-refractivity contribution in [1.82, 2.24) is 4.90 Å². The maximum absolute atomic E-state index is 4.65. The van der Waals surface area contributed by atoms with Crippen molar-refractivity contribution in [3.05, 3.63) is 4.62 Å². The molecule has 1 saturated heterocycles. The Morgan fingerprint density at radius 1 is 0.944 bits per heavy atom. The molecular formula is C13H29N2PSi2. The lowest BCUT2D eigenvalue weighted by atomic mass is 10.1. The summed E-state index contributed by atoms with van der Waals surface area (Å²) in [6.45, 7) is 17.2. The molecule has 0 radical (unpaired) electrons. The number of nitrogens with zero attached hydrogens (tertiary/aromatic N) is 2. The van der Waals surface area contributed by atoms with Crippen LogP contribution in [0.25, 0.3) is 4.62 Å². The second-order valence-electron chi connectivity index (χ2n) is 7.50. The maximum atomic E-state index is 4.65. The van der Waals surface area contributed by atoms with Crippen LogP contribution in [0.2, 0.25) is 39.3 Å². The highest BCUT2D eigenvalue weighted by Crippen LogP contribution is 2.36. The van der Waals surface area contributed by atoms with Crippen molar-refractivity contribution in [3.63, 3.8) is 0 Å². The zero-order valence-corrected chi connectivity index (χ0v) is 15.8. The summed E-state index contributed by atoms with van der Waals surface area (Å²) in [5.41, 5.74) is 0. The first-order valence-electron chi connectivity index (χ1n) is 7.12. The first-order chi connectivity index (χ1) is 8.21. The molecule has 1 aliphatic heterocycles. The van der Waals surface area contributed by atoms with E-state index < -0.39 is 16.1 Å². The fourth-order valence-corrected chi connectivity index (χ4v) is 16.6. The molecule has 1 fully saturated rings. The Labute approximate surface area is 117 Å². The van der Waals surface area contributed by atoms with Crippen molar-refractivity contribution in [2.24, 2.45) is 0 Å². The zero-order valence-electron chi connectivity index (χ0n) is 13.0. The van der Waals surface area contributed by atoms with Gasteiger partial charge in [-0.2, -0.15) is 8.73 Å². The summed E-state index contributed by atoms with van der Waals surface area (Å²) in [6, 6.07) is 0. The van der Waals surface area contributed by atoms with Gasteiger partial charge in [0.1, 0.15) is 0 Å². The van der Waals surface area contributed by atoms with Gasteiger partial charge in [-0.1, -0.05) is 39.3 Å². The maximum Gasteiger partial charge on any atom is 0.333 e. The van der Waals surface area contributed by atoms with E-state index in [9.17, 15) is 0 Å². The fraction of sp³-hybridized carbons (Fsp3) is 0.923. The van der Waals surface area contributed by atoms with Gasteiger partial charge in [0.05, 0.1) is 13.1 Å². The third kappa shape index (κ3) is 5.42. The molecule has 18 heavy (non-hydrogen) atoms. The zero-order chi connectivity index (χ0) is 13.8. The minimum Gasteiger partial charge on any atom is -0.392 e. The number of hydrogen-bond acceptors (Lipinski definition) is 1. The third-order valence-corrected chi connectivity index (χ3v) is 17.6. The van der Waals surface area contributed by atoms with Crippen LogP contribution in [0.5, 0.6) is 0 Å². The molecule has 5 heteroatoms. The summed E-state index contributed by atoms with van der Waals surface area (Å²) in [6.07, 6.45) is 7.28. The molecule has 0 bridgehead atoms. The average molecular weight is 301 g/mol. The molecule has 1 rings (SSSR count). The Morgan fingerprint density at radius 2 is 1.44 bits per heavy atom. The molecule has 0 aromatic rings. The highest BCUT2D eigenvalue weighted by atomic mass is 31.1. The quantitative estimate of drug-likeness (QED) is 0.415. The van der Waals surface area contributed by atoms with Crippen LogP contribution < -0.4 is 0 Å². The van der Waals surface area contributed by atoms with Crippen molar-refractivity contribution < 1.29 is 0 Å². The topological polar surface area (TPSA) is 7.60 Å². The summed E-state index contributed by atoms with van der Waals surface area (Å²) in [5.74, 6) is 0. The first-order valence-corrected chi connectivity index (χ1v) is 15.2. The van der Waals surface area contributed by atoms with E-state index >= 15 is 0 Å². The SMILES string of the molecule is C[Si](C)(C)C([P-][N+]#CN1CCCCC1)[Si](C)(C)C. The van der Waals surface area contributed by atoms with Gasteiger partial charge in [0.2, 0.25) is 0 Å². The van der Waals surface area contributed by atoms with E-state index in [1.165, 1.54) is 28.0 Å². The number of likely N-dealkylation sites (tertiary alicyclic amines) is 1. The smallest absolute Gasteiger partial charge is 0.333 e. The average Bonchev–Trinajstić information content (AvgIpc) is 2.22. The Balaban J connectivity index is 2.60. The van der Waals surface area contributed by atoms with E-state index in [0.29, 0.717) is 0 Å². The van der Waals surface area contributed by atoms with E-state index in [1.807, 2.05) is 0 Å². The van der Waals surface area contributed by atoms with Gasteiger partial charge < -0.3 is 4.62 Å².